The van der Waals surface area contributed by atoms with E-state index in [1.165, 1.54) is 5.56 Å². The molecule has 0 heterocycles. The lowest BCUT2D eigenvalue weighted by atomic mass is 9.88. The molecule has 0 saturated carbocycles. The molecule has 0 bridgehead atoms. The number of hydrogen-bond donors (Lipinski definition) is 1. The van der Waals surface area contributed by atoms with Crippen LogP contribution >= 0.6 is 0 Å². The van der Waals surface area contributed by atoms with Gasteiger partial charge < -0.3 is 9.59 Å². The van der Waals surface area contributed by atoms with Crippen molar-refractivity contribution in [3.05, 3.63) is 71.8 Å². The second kappa shape index (κ2) is 7.57. The van der Waals surface area contributed by atoms with Gasteiger partial charge in [-0.25, -0.2) is 0 Å². The molecule has 0 aromatic heterocycles. The Morgan fingerprint density at radius 1 is 0.818 bits per heavy atom. The number of likely N-dealkylation sites (N-methyl/N-ethyl adjacent to an activating group) is 1. The van der Waals surface area contributed by atoms with E-state index in [2.05, 4.69) is 45.2 Å². The maximum absolute atomic E-state index is 11.0. The lowest BCUT2D eigenvalue weighted by Crippen LogP contribution is -2.47. The lowest BCUT2D eigenvalue weighted by molar-refractivity contribution is -0.908. The number of rotatable bonds is 7. The van der Waals surface area contributed by atoms with E-state index < -0.39 is 6.10 Å². The normalized spacial score (nSPS) is 14.5. The van der Waals surface area contributed by atoms with E-state index in [4.69, 9.17) is 0 Å². The lowest BCUT2D eigenvalue weighted by Gasteiger charge is -2.37. The maximum atomic E-state index is 11.0. The minimum absolute atomic E-state index is 0.105. The van der Waals surface area contributed by atoms with E-state index in [0.717, 1.165) is 29.7 Å². The van der Waals surface area contributed by atoms with E-state index in [0.29, 0.717) is 0 Å². The predicted octanol–water partition coefficient (Wildman–Crippen LogP) is 3.99. The van der Waals surface area contributed by atoms with Gasteiger partial charge in [0.05, 0.1) is 38.7 Å². The molecule has 0 fully saturated rings. The van der Waals surface area contributed by atoms with Crippen LogP contribution in [0, 0.1) is 0 Å². The van der Waals surface area contributed by atoms with Crippen LogP contribution in [0.5, 0.6) is 0 Å². The van der Waals surface area contributed by atoms with Crippen molar-refractivity contribution in [2.75, 3.05) is 26.7 Å². The van der Waals surface area contributed by atoms with Crippen LogP contribution in [-0.2, 0) is 0 Å². The quantitative estimate of drug-likeness (QED) is 0.766. The van der Waals surface area contributed by atoms with E-state index in [1.807, 2.05) is 36.4 Å². The van der Waals surface area contributed by atoms with Gasteiger partial charge in [-0.15, -0.1) is 0 Å². The Hall–Kier alpha value is -1.64. The molecule has 0 amide bonds. The number of aliphatic hydroxyl groups is 1. The fourth-order valence-corrected chi connectivity index (χ4v) is 2.93. The molecule has 0 aliphatic rings. The van der Waals surface area contributed by atoms with Crippen molar-refractivity contribution in [2.24, 2.45) is 0 Å². The van der Waals surface area contributed by atoms with Crippen molar-refractivity contribution in [1.29, 1.82) is 0 Å². The molecular formula is C20H28NO+. The first-order chi connectivity index (χ1) is 10.6. The average Bonchev–Trinajstić information content (AvgIpc) is 2.60. The number of benzene rings is 2. The summed E-state index contributed by atoms with van der Waals surface area (Å²) in [4.78, 5) is 0. The van der Waals surface area contributed by atoms with E-state index in [9.17, 15) is 5.11 Å². The summed E-state index contributed by atoms with van der Waals surface area (Å²) in [6, 6.07) is 20.4. The summed E-state index contributed by atoms with van der Waals surface area (Å²) in [6.45, 7) is 7.52. The first kappa shape index (κ1) is 16.7. The van der Waals surface area contributed by atoms with Gasteiger partial charge in [0.15, 0.2) is 0 Å². The summed E-state index contributed by atoms with van der Waals surface area (Å²) in [5, 5.41) is 11.0. The van der Waals surface area contributed by atoms with Crippen molar-refractivity contribution in [3.63, 3.8) is 0 Å². The third kappa shape index (κ3) is 3.96. The predicted molar refractivity (Wildman–Crippen MR) is 92.7 cm³/mol. The summed E-state index contributed by atoms with van der Waals surface area (Å²) < 4.78 is 0.962. The molecule has 2 atom stereocenters. The molecule has 0 radical (unpaired) electrons. The highest BCUT2D eigenvalue weighted by Crippen LogP contribution is 2.33. The SMILES string of the molecule is CC[N+](C)(CC)C[C@@H](c1ccccc1)[C@@H](O)c1ccccc1. The van der Waals surface area contributed by atoms with Gasteiger partial charge in [-0.1, -0.05) is 60.7 Å². The van der Waals surface area contributed by atoms with Crippen LogP contribution in [0.2, 0.25) is 0 Å². The largest absolute Gasteiger partial charge is 0.388 e. The van der Waals surface area contributed by atoms with Gasteiger partial charge in [0.25, 0.3) is 0 Å². The van der Waals surface area contributed by atoms with Crippen molar-refractivity contribution in [3.8, 4) is 0 Å². The zero-order valence-electron chi connectivity index (χ0n) is 13.9. The van der Waals surface area contributed by atoms with Crippen LogP contribution in [0.15, 0.2) is 60.7 Å². The Bertz CT molecular complexity index is 548. The monoisotopic (exact) mass is 298 g/mol. The van der Waals surface area contributed by atoms with Crippen molar-refractivity contribution >= 4 is 0 Å². The van der Waals surface area contributed by atoms with Crippen LogP contribution in [0.3, 0.4) is 0 Å². The molecule has 2 nitrogen and oxygen atoms in total. The molecule has 0 aliphatic carbocycles. The van der Waals surface area contributed by atoms with E-state index in [-0.39, 0.29) is 5.92 Å². The molecule has 0 unspecified atom stereocenters. The van der Waals surface area contributed by atoms with Crippen LogP contribution in [0.25, 0.3) is 0 Å². The zero-order valence-corrected chi connectivity index (χ0v) is 13.9. The second-order valence-corrected chi connectivity index (χ2v) is 6.31. The molecule has 22 heavy (non-hydrogen) atoms. The first-order valence-electron chi connectivity index (χ1n) is 8.21. The second-order valence-electron chi connectivity index (χ2n) is 6.31. The molecule has 118 valence electrons. The van der Waals surface area contributed by atoms with Gasteiger partial charge in [-0.3, -0.25) is 0 Å². The zero-order chi connectivity index (χ0) is 16.0. The summed E-state index contributed by atoms with van der Waals surface area (Å²) in [7, 11) is 2.27. The summed E-state index contributed by atoms with van der Waals surface area (Å²) in [6.07, 6.45) is -0.473. The van der Waals surface area contributed by atoms with Crippen molar-refractivity contribution < 1.29 is 9.59 Å². The standard InChI is InChI=1S/C20H28NO/c1-4-21(3,5-2)16-19(17-12-8-6-9-13-17)20(22)18-14-10-7-11-15-18/h6-15,19-20,22H,4-5,16H2,1-3H3/q+1/t19-,20-/m0/s1. The highest BCUT2D eigenvalue weighted by molar-refractivity contribution is 5.26. The minimum atomic E-state index is -0.473. The highest BCUT2D eigenvalue weighted by Gasteiger charge is 2.30. The third-order valence-electron chi connectivity index (χ3n) is 4.91. The van der Waals surface area contributed by atoms with Gasteiger partial charge in [0.2, 0.25) is 0 Å². The Kier molecular flexibility index (Phi) is 5.76. The molecule has 2 aromatic rings. The van der Waals surface area contributed by atoms with Gasteiger partial charge in [-0.2, -0.15) is 0 Å². The fourth-order valence-electron chi connectivity index (χ4n) is 2.93. The molecule has 2 rings (SSSR count). The highest BCUT2D eigenvalue weighted by atomic mass is 16.3. The summed E-state index contributed by atoms with van der Waals surface area (Å²) in [5.41, 5.74) is 2.21. The average molecular weight is 298 g/mol. The fraction of sp³-hybridized carbons (Fsp3) is 0.400. The number of hydrogen-bond acceptors (Lipinski definition) is 1. The number of aliphatic hydroxyl groups excluding tert-OH is 1. The maximum Gasteiger partial charge on any atom is 0.0912 e. The van der Waals surface area contributed by atoms with Gasteiger partial charge in [-0.05, 0) is 25.0 Å². The topological polar surface area (TPSA) is 20.2 Å². The molecule has 0 spiro atoms. The minimum Gasteiger partial charge on any atom is -0.388 e. The third-order valence-corrected chi connectivity index (χ3v) is 4.91. The van der Waals surface area contributed by atoms with Crippen molar-refractivity contribution in [1.82, 2.24) is 0 Å². The molecule has 2 aromatic carbocycles. The molecular weight excluding hydrogens is 270 g/mol. The van der Waals surface area contributed by atoms with Crippen LogP contribution in [0.1, 0.15) is 37.0 Å². The van der Waals surface area contributed by atoms with Crippen LogP contribution in [-0.4, -0.2) is 36.3 Å². The van der Waals surface area contributed by atoms with Gasteiger partial charge >= 0.3 is 0 Å². The van der Waals surface area contributed by atoms with Gasteiger partial charge in [0.1, 0.15) is 0 Å². The Morgan fingerprint density at radius 3 is 1.73 bits per heavy atom. The van der Waals surface area contributed by atoms with Gasteiger partial charge in [0, 0.05) is 0 Å². The van der Waals surface area contributed by atoms with Crippen LogP contribution in [0.4, 0.5) is 0 Å². The van der Waals surface area contributed by atoms with Crippen molar-refractivity contribution in [2.45, 2.75) is 25.9 Å². The molecule has 0 aliphatic heterocycles. The number of quaternary nitrogens is 1. The molecule has 1 N–H and O–H groups in total. The molecule has 2 heteroatoms. The summed E-state index contributed by atoms with van der Waals surface area (Å²) in [5.74, 6) is 0.105. The van der Waals surface area contributed by atoms with E-state index in [1.54, 1.807) is 0 Å². The Morgan fingerprint density at radius 2 is 1.27 bits per heavy atom. The Balaban J connectivity index is 2.34. The van der Waals surface area contributed by atoms with Crippen LogP contribution < -0.4 is 0 Å². The molecule has 0 saturated heterocycles. The first-order valence-corrected chi connectivity index (χ1v) is 8.21. The number of nitrogens with zero attached hydrogens (tertiary/aromatic N) is 1. The smallest absolute Gasteiger partial charge is 0.0912 e. The Labute approximate surface area is 134 Å². The van der Waals surface area contributed by atoms with E-state index >= 15 is 0 Å². The summed E-state index contributed by atoms with van der Waals surface area (Å²) >= 11 is 0.